The lowest BCUT2D eigenvalue weighted by atomic mass is 9.85. The van der Waals surface area contributed by atoms with Gasteiger partial charge >= 0.3 is 0 Å². The minimum atomic E-state index is 0.432. The molecule has 3 nitrogen and oxygen atoms in total. The van der Waals surface area contributed by atoms with E-state index in [9.17, 15) is 0 Å². The molecule has 29 heavy (non-hydrogen) atoms. The minimum absolute atomic E-state index is 0.432. The molecule has 1 aliphatic heterocycles. The molecule has 2 rings (SSSR count). The van der Waals surface area contributed by atoms with Crippen molar-refractivity contribution in [2.45, 2.75) is 81.6 Å². The summed E-state index contributed by atoms with van der Waals surface area (Å²) in [5.41, 5.74) is 12.6. The van der Waals surface area contributed by atoms with Gasteiger partial charge in [0.25, 0.3) is 0 Å². The van der Waals surface area contributed by atoms with Crippen LogP contribution in [0.25, 0.3) is 0 Å². The van der Waals surface area contributed by atoms with Gasteiger partial charge in [-0.15, -0.1) is 0 Å². The molecular weight excluding hydrogens is 354 g/mol. The number of hydrogen-bond acceptors (Lipinski definition) is 3. The van der Waals surface area contributed by atoms with Crippen LogP contribution in [0.3, 0.4) is 0 Å². The van der Waals surface area contributed by atoms with Crippen molar-refractivity contribution in [1.29, 1.82) is 0 Å². The molecule has 166 valence electrons. The fraction of sp³-hybridized carbons (Fsp3) is 0.615. The van der Waals surface area contributed by atoms with Crippen molar-refractivity contribution in [3.05, 3.63) is 41.5 Å². The molecular formula is C26H47N3. The van der Waals surface area contributed by atoms with Gasteiger partial charge in [-0.3, -0.25) is 0 Å². The highest BCUT2D eigenvalue weighted by Gasteiger charge is 2.24. The van der Waals surface area contributed by atoms with Crippen LogP contribution >= 0.6 is 0 Å². The van der Waals surface area contributed by atoms with E-state index in [2.05, 4.69) is 68.3 Å². The quantitative estimate of drug-likeness (QED) is 0.394. The average Bonchev–Trinajstić information content (AvgIpc) is 2.90. The third-order valence-corrected chi connectivity index (χ3v) is 5.22. The lowest BCUT2D eigenvalue weighted by Gasteiger charge is -2.27. The van der Waals surface area contributed by atoms with Gasteiger partial charge in [-0.2, -0.15) is 0 Å². The second-order valence-corrected chi connectivity index (χ2v) is 7.97. The number of aryl methyl sites for hydroxylation is 1. The van der Waals surface area contributed by atoms with Crippen molar-refractivity contribution >= 4 is 17.1 Å². The predicted octanol–water partition coefficient (Wildman–Crippen LogP) is 7.58. The molecule has 0 saturated carbocycles. The zero-order valence-electron chi connectivity index (χ0n) is 20.7. The maximum atomic E-state index is 6.56. The Hall–Kier alpha value is -1.90. The molecule has 0 radical (unpaired) electrons. The first-order valence-electron chi connectivity index (χ1n) is 11.5. The third kappa shape index (κ3) is 8.97. The van der Waals surface area contributed by atoms with Crippen LogP contribution in [0, 0.1) is 12.3 Å². The van der Waals surface area contributed by atoms with Crippen LogP contribution in [0.15, 0.2) is 35.9 Å². The summed E-state index contributed by atoms with van der Waals surface area (Å²) < 4.78 is 0. The van der Waals surface area contributed by atoms with E-state index >= 15 is 0 Å². The van der Waals surface area contributed by atoms with Gasteiger partial charge in [-0.1, -0.05) is 59.8 Å². The van der Waals surface area contributed by atoms with Gasteiger partial charge in [-0.05, 0) is 68.7 Å². The number of benzene rings is 1. The van der Waals surface area contributed by atoms with Gasteiger partial charge in [0.1, 0.15) is 0 Å². The predicted molar refractivity (Wildman–Crippen MR) is 135 cm³/mol. The first-order valence-corrected chi connectivity index (χ1v) is 11.5. The van der Waals surface area contributed by atoms with E-state index < -0.39 is 0 Å². The second kappa shape index (κ2) is 14.1. The zero-order chi connectivity index (χ0) is 22.4. The van der Waals surface area contributed by atoms with Crippen molar-refractivity contribution in [2.24, 2.45) is 5.41 Å². The van der Waals surface area contributed by atoms with Gasteiger partial charge in [0.2, 0.25) is 0 Å². The smallest absolute Gasteiger partial charge is 0.0787 e. The first kappa shape index (κ1) is 27.1. The number of hydrogen-bond donors (Lipinski definition) is 2. The Morgan fingerprint density at radius 3 is 2.34 bits per heavy atom. The number of rotatable bonds is 5. The summed E-state index contributed by atoms with van der Waals surface area (Å²) >= 11 is 0. The molecule has 0 spiro atoms. The van der Waals surface area contributed by atoms with Crippen molar-refractivity contribution in [3.63, 3.8) is 0 Å². The van der Waals surface area contributed by atoms with Crippen molar-refractivity contribution in [1.82, 2.24) is 0 Å². The summed E-state index contributed by atoms with van der Waals surface area (Å²) in [7, 11) is 0. The van der Waals surface area contributed by atoms with E-state index in [4.69, 9.17) is 5.73 Å². The van der Waals surface area contributed by atoms with Gasteiger partial charge < -0.3 is 16.0 Å². The molecule has 1 fully saturated rings. The summed E-state index contributed by atoms with van der Waals surface area (Å²) in [6, 6.07) is 4.39. The lowest BCUT2D eigenvalue weighted by Crippen LogP contribution is -2.26. The number of nitrogens with two attached hydrogens (primary N) is 1. The number of anilines is 3. The number of nitrogens with one attached hydrogen (secondary N) is 1. The van der Waals surface area contributed by atoms with Crippen molar-refractivity contribution < 1.29 is 0 Å². The molecule has 1 saturated heterocycles. The Kier molecular flexibility index (Phi) is 13.2. The first-order chi connectivity index (χ1) is 13.9. The number of nitrogen functional groups attached to an aromatic ring is 1. The molecule has 1 heterocycles. The van der Waals surface area contributed by atoms with E-state index in [1.165, 1.54) is 36.1 Å². The Morgan fingerprint density at radius 2 is 1.76 bits per heavy atom. The normalized spacial score (nSPS) is 16.3. The molecule has 1 aromatic rings. The van der Waals surface area contributed by atoms with Crippen molar-refractivity contribution in [3.8, 4) is 0 Å². The highest BCUT2D eigenvalue weighted by atomic mass is 15.1. The SMILES string of the molecule is C/C=C\C(=C/C)CNc1cc(C)cc(N2CCCC(C)(C)CC2)c1N.CC.CC. The zero-order valence-corrected chi connectivity index (χ0v) is 20.7. The van der Waals surface area contributed by atoms with E-state index in [-0.39, 0.29) is 0 Å². The summed E-state index contributed by atoms with van der Waals surface area (Å²) in [6.07, 6.45) is 10.1. The molecule has 1 aliphatic rings. The Labute approximate surface area is 181 Å². The molecule has 0 aliphatic carbocycles. The number of nitrogens with zero attached hydrogens (tertiary/aromatic N) is 1. The van der Waals surface area contributed by atoms with Gasteiger partial charge in [0.15, 0.2) is 0 Å². The molecule has 0 bridgehead atoms. The fourth-order valence-corrected chi connectivity index (χ4v) is 3.52. The molecule has 3 N–H and O–H groups in total. The van der Waals surface area contributed by atoms with Crippen LogP contribution in [0.5, 0.6) is 0 Å². The minimum Gasteiger partial charge on any atom is -0.395 e. The monoisotopic (exact) mass is 401 g/mol. The topological polar surface area (TPSA) is 41.3 Å². The van der Waals surface area contributed by atoms with E-state index in [1.807, 2.05) is 34.6 Å². The standard InChI is InChI=1S/C22H35N3.2C2H6/c1-6-9-18(7-2)16-24-19-14-17(3)15-20(21(19)23)25-12-8-10-22(4,5)11-13-25;2*1-2/h6-7,9,14-15,24H,8,10-13,16,23H2,1-5H3;2*1-2H3/b9-6-,18-7+;;. The van der Waals surface area contributed by atoms with Gasteiger partial charge in [0, 0.05) is 19.6 Å². The number of allylic oxidation sites excluding steroid dienone is 2. The second-order valence-electron chi connectivity index (χ2n) is 7.97. The summed E-state index contributed by atoms with van der Waals surface area (Å²) in [5.74, 6) is 0. The van der Waals surface area contributed by atoms with E-state index in [0.29, 0.717) is 5.41 Å². The van der Waals surface area contributed by atoms with Crippen LogP contribution in [0.4, 0.5) is 17.1 Å². The Morgan fingerprint density at radius 1 is 1.10 bits per heavy atom. The largest absolute Gasteiger partial charge is 0.395 e. The molecule has 0 amide bonds. The summed E-state index contributed by atoms with van der Waals surface area (Å²) in [5, 5.41) is 3.53. The van der Waals surface area contributed by atoms with Crippen LogP contribution in [-0.2, 0) is 0 Å². The van der Waals surface area contributed by atoms with Crippen LogP contribution in [0.1, 0.15) is 80.2 Å². The molecule has 0 atom stereocenters. The van der Waals surface area contributed by atoms with Crippen LogP contribution in [0.2, 0.25) is 0 Å². The average molecular weight is 402 g/mol. The Balaban J connectivity index is 0.00000184. The highest BCUT2D eigenvalue weighted by molar-refractivity contribution is 5.82. The summed E-state index contributed by atoms with van der Waals surface area (Å²) in [6.45, 7) is 22.0. The summed E-state index contributed by atoms with van der Waals surface area (Å²) in [4.78, 5) is 2.48. The van der Waals surface area contributed by atoms with Crippen LogP contribution in [-0.4, -0.2) is 19.6 Å². The fourth-order valence-electron chi connectivity index (χ4n) is 3.52. The molecule has 3 heteroatoms. The molecule has 0 aromatic heterocycles. The maximum Gasteiger partial charge on any atom is 0.0787 e. The molecule has 0 unspecified atom stereocenters. The lowest BCUT2D eigenvalue weighted by molar-refractivity contribution is 0.325. The van der Waals surface area contributed by atoms with Crippen molar-refractivity contribution in [2.75, 3.05) is 35.6 Å². The van der Waals surface area contributed by atoms with E-state index in [0.717, 1.165) is 31.0 Å². The molecule has 1 aromatic carbocycles. The maximum absolute atomic E-state index is 6.56. The Bertz CT molecular complexity index is 642. The third-order valence-electron chi connectivity index (χ3n) is 5.22. The van der Waals surface area contributed by atoms with Crippen LogP contribution < -0.4 is 16.0 Å². The van der Waals surface area contributed by atoms with Gasteiger partial charge in [-0.25, -0.2) is 0 Å². The van der Waals surface area contributed by atoms with E-state index in [1.54, 1.807) is 0 Å². The highest BCUT2D eigenvalue weighted by Crippen LogP contribution is 2.37. The van der Waals surface area contributed by atoms with Gasteiger partial charge in [0.05, 0.1) is 17.1 Å².